The molecule has 0 saturated carbocycles. The number of rotatable bonds is 1. The number of aromatic amines is 1. The monoisotopic (exact) mass is 209 g/mol. The van der Waals surface area contributed by atoms with Crippen LogP contribution in [0, 0.1) is 4.64 Å². The van der Waals surface area contributed by atoms with Crippen LogP contribution in [0.15, 0.2) is 23.2 Å². The highest BCUT2D eigenvalue weighted by molar-refractivity contribution is 8.13. The van der Waals surface area contributed by atoms with Crippen molar-refractivity contribution < 1.29 is 8.42 Å². The third-order valence-electron chi connectivity index (χ3n) is 1.03. The molecule has 0 amide bonds. The van der Waals surface area contributed by atoms with E-state index in [9.17, 15) is 8.42 Å². The van der Waals surface area contributed by atoms with Gasteiger partial charge in [-0.25, -0.2) is 8.42 Å². The Morgan fingerprint density at radius 2 is 2.18 bits per heavy atom. The molecule has 0 aliphatic heterocycles. The van der Waals surface area contributed by atoms with Crippen LogP contribution in [0.4, 0.5) is 0 Å². The van der Waals surface area contributed by atoms with Crippen LogP contribution >= 0.6 is 22.9 Å². The fourth-order valence-electron chi connectivity index (χ4n) is 0.577. The van der Waals surface area contributed by atoms with Crippen LogP contribution in [0.2, 0.25) is 0 Å². The Hall–Kier alpha value is -0.390. The summed E-state index contributed by atoms with van der Waals surface area (Å²) in [5.41, 5.74) is 0. The van der Waals surface area contributed by atoms with Crippen LogP contribution in [-0.2, 0) is 9.05 Å². The molecule has 1 N–H and O–H groups in total. The number of aromatic nitrogens is 1. The van der Waals surface area contributed by atoms with E-state index in [4.69, 9.17) is 10.7 Å². The second-order valence-electron chi connectivity index (χ2n) is 1.83. The van der Waals surface area contributed by atoms with Crippen LogP contribution < -0.4 is 0 Å². The van der Waals surface area contributed by atoms with Crippen molar-refractivity contribution >= 4 is 32.0 Å². The summed E-state index contributed by atoms with van der Waals surface area (Å²) in [6.45, 7) is 0. The molecule has 11 heavy (non-hydrogen) atoms. The molecule has 60 valence electrons. The zero-order valence-corrected chi connectivity index (χ0v) is 7.63. The second kappa shape index (κ2) is 2.92. The SMILES string of the molecule is O=S(=O)(Cl)c1cc[nH]c(=S)c1. The summed E-state index contributed by atoms with van der Waals surface area (Å²) in [4.78, 5) is 2.65. The van der Waals surface area contributed by atoms with Gasteiger partial charge in [0.15, 0.2) is 0 Å². The predicted molar refractivity (Wildman–Crippen MR) is 44.7 cm³/mol. The van der Waals surface area contributed by atoms with Gasteiger partial charge in [0, 0.05) is 16.9 Å². The molecule has 0 radical (unpaired) electrons. The van der Waals surface area contributed by atoms with Gasteiger partial charge in [-0.2, -0.15) is 0 Å². The maximum absolute atomic E-state index is 10.7. The van der Waals surface area contributed by atoms with Crippen molar-refractivity contribution in [2.24, 2.45) is 0 Å². The lowest BCUT2D eigenvalue weighted by atomic mass is 10.5. The molecule has 0 aliphatic rings. The third-order valence-corrected chi connectivity index (χ3v) is 2.62. The van der Waals surface area contributed by atoms with Gasteiger partial charge in [-0.3, -0.25) is 0 Å². The summed E-state index contributed by atoms with van der Waals surface area (Å²) < 4.78 is 21.7. The van der Waals surface area contributed by atoms with Crippen molar-refractivity contribution in [2.45, 2.75) is 4.90 Å². The molecule has 0 bridgehead atoms. The maximum Gasteiger partial charge on any atom is 0.261 e. The van der Waals surface area contributed by atoms with E-state index < -0.39 is 9.05 Å². The molecule has 3 nitrogen and oxygen atoms in total. The first-order chi connectivity index (χ1) is 5.00. The van der Waals surface area contributed by atoms with Crippen molar-refractivity contribution in [1.29, 1.82) is 0 Å². The highest BCUT2D eigenvalue weighted by atomic mass is 35.7. The number of H-pyrrole nitrogens is 1. The minimum Gasteiger partial charge on any atom is -0.353 e. The number of pyridine rings is 1. The second-order valence-corrected chi connectivity index (χ2v) is 4.83. The Morgan fingerprint density at radius 3 is 2.55 bits per heavy atom. The average Bonchev–Trinajstić information content (AvgIpc) is 1.86. The van der Waals surface area contributed by atoms with Crippen molar-refractivity contribution in [2.75, 3.05) is 0 Å². The minimum absolute atomic E-state index is 0.0166. The van der Waals surface area contributed by atoms with E-state index in [1.165, 1.54) is 18.3 Å². The lowest BCUT2D eigenvalue weighted by Gasteiger charge is -1.92. The summed E-state index contributed by atoms with van der Waals surface area (Å²) >= 11 is 4.69. The van der Waals surface area contributed by atoms with Gasteiger partial charge in [0.2, 0.25) is 0 Å². The number of nitrogens with one attached hydrogen (secondary N) is 1. The zero-order chi connectivity index (χ0) is 8.48. The van der Waals surface area contributed by atoms with Crippen molar-refractivity contribution in [1.82, 2.24) is 4.98 Å². The average molecular weight is 210 g/mol. The van der Waals surface area contributed by atoms with Crippen LogP contribution in [0.5, 0.6) is 0 Å². The maximum atomic E-state index is 10.7. The van der Waals surface area contributed by atoms with Crippen LogP contribution in [-0.4, -0.2) is 13.4 Å². The summed E-state index contributed by atoms with van der Waals surface area (Å²) in [6.07, 6.45) is 1.43. The van der Waals surface area contributed by atoms with E-state index in [0.717, 1.165) is 0 Å². The molecule has 0 unspecified atom stereocenters. The zero-order valence-electron chi connectivity index (χ0n) is 5.24. The molecule has 1 heterocycles. The lowest BCUT2D eigenvalue weighted by Crippen LogP contribution is -1.90. The highest BCUT2D eigenvalue weighted by Gasteiger charge is 2.07. The smallest absolute Gasteiger partial charge is 0.261 e. The molecule has 1 aromatic rings. The molecule has 0 fully saturated rings. The van der Waals surface area contributed by atoms with Crippen molar-refractivity contribution in [3.05, 3.63) is 23.0 Å². The van der Waals surface area contributed by atoms with Crippen molar-refractivity contribution in [3.8, 4) is 0 Å². The minimum atomic E-state index is -3.64. The summed E-state index contributed by atoms with van der Waals surface area (Å²) in [5.74, 6) is 0. The van der Waals surface area contributed by atoms with E-state index in [2.05, 4.69) is 17.2 Å². The van der Waals surface area contributed by atoms with Crippen LogP contribution in [0.1, 0.15) is 0 Å². The largest absolute Gasteiger partial charge is 0.353 e. The lowest BCUT2D eigenvalue weighted by molar-refractivity contribution is 0.609. The van der Waals surface area contributed by atoms with Gasteiger partial charge >= 0.3 is 0 Å². The van der Waals surface area contributed by atoms with E-state index in [1.807, 2.05) is 0 Å². The van der Waals surface area contributed by atoms with Gasteiger partial charge in [-0.15, -0.1) is 0 Å². The Labute approximate surface area is 73.4 Å². The molecular weight excluding hydrogens is 206 g/mol. The number of halogens is 1. The molecule has 0 atom stereocenters. The first-order valence-corrected chi connectivity index (χ1v) is 5.35. The fraction of sp³-hybridized carbons (Fsp3) is 0. The van der Waals surface area contributed by atoms with Gasteiger partial charge < -0.3 is 4.98 Å². The van der Waals surface area contributed by atoms with Gasteiger partial charge in [0.25, 0.3) is 9.05 Å². The molecule has 0 aromatic carbocycles. The van der Waals surface area contributed by atoms with Crippen LogP contribution in [0.3, 0.4) is 0 Å². The summed E-state index contributed by atoms with van der Waals surface area (Å²) in [7, 11) is 1.40. The molecule has 0 aliphatic carbocycles. The first kappa shape index (κ1) is 8.70. The van der Waals surface area contributed by atoms with Gasteiger partial charge in [0.1, 0.15) is 4.64 Å². The number of hydrogen-bond acceptors (Lipinski definition) is 3. The molecule has 0 spiro atoms. The molecular formula is C5H4ClNO2S2. The Kier molecular flexibility index (Phi) is 2.31. The van der Waals surface area contributed by atoms with E-state index in [0.29, 0.717) is 4.64 Å². The third kappa shape index (κ3) is 2.28. The quantitative estimate of drug-likeness (QED) is 0.566. The Balaban J connectivity index is 3.40. The molecule has 0 saturated heterocycles. The van der Waals surface area contributed by atoms with Gasteiger partial charge in [-0.05, 0) is 12.1 Å². The van der Waals surface area contributed by atoms with Crippen LogP contribution in [0.25, 0.3) is 0 Å². The first-order valence-electron chi connectivity index (χ1n) is 2.63. The van der Waals surface area contributed by atoms with Gasteiger partial charge in [0.05, 0.1) is 4.90 Å². The van der Waals surface area contributed by atoms with Gasteiger partial charge in [-0.1, -0.05) is 12.2 Å². The summed E-state index contributed by atoms with van der Waals surface area (Å²) in [6, 6.07) is 2.63. The Morgan fingerprint density at radius 1 is 1.55 bits per heavy atom. The standard InChI is InChI=1S/C5H4ClNO2S2/c6-11(8,9)4-1-2-7-5(10)3-4/h1-3H,(H,7,10). The van der Waals surface area contributed by atoms with E-state index >= 15 is 0 Å². The van der Waals surface area contributed by atoms with E-state index in [-0.39, 0.29) is 4.90 Å². The number of hydrogen-bond donors (Lipinski definition) is 1. The summed E-state index contributed by atoms with van der Waals surface area (Å²) in [5, 5.41) is 0. The molecule has 6 heteroatoms. The fourth-order valence-corrected chi connectivity index (χ4v) is 1.62. The highest BCUT2D eigenvalue weighted by Crippen LogP contribution is 2.12. The predicted octanol–water partition coefficient (Wildman–Crippen LogP) is 1.67. The topological polar surface area (TPSA) is 49.9 Å². The van der Waals surface area contributed by atoms with Crippen molar-refractivity contribution in [3.63, 3.8) is 0 Å². The normalized spacial score (nSPS) is 11.4. The molecule has 1 rings (SSSR count). The Bertz CT molecular complexity index is 408. The molecule has 1 aromatic heterocycles. The van der Waals surface area contributed by atoms with E-state index in [1.54, 1.807) is 0 Å².